The summed E-state index contributed by atoms with van der Waals surface area (Å²) in [4.78, 5) is 23.6. The zero-order chi connectivity index (χ0) is 14.7. The summed E-state index contributed by atoms with van der Waals surface area (Å²) >= 11 is 0. The van der Waals surface area contributed by atoms with E-state index < -0.39 is 6.09 Å². The van der Waals surface area contributed by atoms with Gasteiger partial charge < -0.3 is 15.1 Å². The summed E-state index contributed by atoms with van der Waals surface area (Å²) in [6.07, 6.45) is 2.40. The molecule has 0 bridgehead atoms. The van der Waals surface area contributed by atoms with E-state index in [9.17, 15) is 19.8 Å². The zero-order valence-corrected chi connectivity index (χ0v) is 11.5. The number of aldehydes is 1. The van der Waals surface area contributed by atoms with E-state index in [1.165, 1.54) is 4.90 Å². The van der Waals surface area contributed by atoms with Crippen molar-refractivity contribution < 1.29 is 19.8 Å². The number of carbonyl (C=O) groups excluding carboxylic acids is 1. The van der Waals surface area contributed by atoms with Crippen LogP contribution in [0.25, 0.3) is 0 Å². The predicted octanol–water partition coefficient (Wildman–Crippen LogP) is 2.45. The smallest absolute Gasteiger partial charge is 0.407 e. The molecule has 5 nitrogen and oxygen atoms in total. The molecule has 0 aliphatic heterocycles. The maximum Gasteiger partial charge on any atom is 0.407 e. The van der Waals surface area contributed by atoms with E-state index in [-0.39, 0.29) is 11.8 Å². The fourth-order valence-electron chi connectivity index (χ4n) is 2.87. The second-order valence-electron chi connectivity index (χ2n) is 5.13. The number of aromatic hydroxyl groups is 1. The molecule has 1 aliphatic carbocycles. The molecule has 1 aromatic rings. The Balaban J connectivity index is 2.25. The number of carbonyl (C=O) groups is 2. The van der Waals surface area contributed by atoms with Gasteiger partial charge in [0, 0.05) is 12.6 Å². The molecule has 0 aromatic heterocycles. The average molecular weight is 277 g/mol. The number of amides is 1. The lowest BCUT2D eigenvalue weighted by atomic mass is 9.86. The minimum atomic E-state index is -0.894. The molecular weight excluding hydrogens is 258 g/mol. The van der Waals surface area contributed by atoms with Crippen LogP contribution in [0.4, 0.5) is 4.79 Å². The third kappa shape index (κ3) is 2.61. The van der Waals surface area contributed by atoms with Crippen molar-refractivity contribution in [1.29, 1.82) is 0 Å². The second-order valence-corrected chi connectivity index (χ2v) is 5.13. The third-order valence-electron chi connectivity index (χ3n) is 3.87. The van der Waals surface area contributed by atoms with Gasteiger partial charge in [-0.15, -0.1) is 0 Å². The minimum absolute atomic E-state index is 0.0494. The molecule has 1 aromatic carbocycles. The molecule has 0 saturated carbocycles. The Morgan fingerprint density at radius 1 is 1.50 bits per heavy atom. The number of carboxylic acid groups (broad SMARTS) is 1. The quantitative estimate of drug-likeness (QED) is 0.829. The first-order valence-corrected chi connectivity index (χ1v) is 6.87. The maximum absolute atomic E-state index is 11.3. The minimum Gasteiger partial charge on any atom is -0.507 e. The van der Waals surface area contributed by atoms with Crippen LogP contribution in [0.5, 0.6) is 5.75 Å². The van der Waals surface area contributed by atoms with Gasteiger partial charge in [-0.25, -0.2) is 4.79 Å². The van der Waals surface area contributed by atoms with Gasteiger partial charge in [0.15, 0.2) is 6.29 Å². The first kappa shape index (κ1) is 14.4. The Hall–Kier alpha value is -2.04. The van der Waals surface area contributed by atoms with Crippen LogP contribution in [0.1, 0.15) is 41.3 Å². The average Bonchev–Trinajstić information content (AvgIpc) is 2.44. The largest absolute Gasteiger partial charge is 0.507 e. The van der Waals surface area contributed by atoms with Crippen molar-refractivity contribution in [2.75, 3.05) is 6.54 Å². The van der Waals surface area contributed by atoms with Crippen LogP contribution in [0.15, 0.2) is 12.1 Å². The topological polar surface area (TPSA) is 77.8 Å². The number of rotatable bonds is 4. The summed E-state index contributed by atoms with van der Waals surface area (Å²) < 4.78 is 0. The van der Waals surface area contributed by atoms with E-state index in [4.69, 9.17) is 0 Å². The van der Waals surface area contributed by atoms with Crippen molar-refractivity contribution in [1.82, 2.24) is 4.90 Å². The van der Waals surface area contributed by atoms with Crippen molar-refractivity contribution in [3.63, 3.8) is 0 Å². The van der Waals surface area contributed by atoms with Gasteiger partial charge in [0.05, 0.1) is 5.56 Å². The predicted molar refractivity (Wildman–Crippen MR) is 74.3 cm³/mol. The molecule has 1 aliphatic rings. The van der Waals surface area contributed by atoms with Gasteiger partial charge in [-0.2, -0.15) is 0 Å². The highest BCUT2D eigenvalue weighted by atomic mass is 16.4. The molecule has 1 amide bonds. The molecule has 0 radical (unpaired) electrons. The molecule has 20 heavy (non-hydrogen) atoms. The molecule has 0 fully saturated rings. The molecule has 2 rings (SSSR count). The third-order valence-corrected chi connectivity index (χ3v) is 3.87. The number of nitrogens with zero attached hydrogens (tertiary/aromatic N) is 1. The first-order chi connectivity index (χ1) is 9.58. The maximum atomic E-state index is 11.3. The molecule has 5 heteroatoms. The lowest BCUT2D eigenvalue weighted by Gasteiger charge is -2.33. The van der Waals surface area contributed by atoms with E-state index in [1.807, 2.05) is 13.0 Å². The van der Waals surface area contributed by atoms with Crippen molar-refractivity contribution in [2.24, 2.45) is 0 Å². The highest BCUT2D eigenvalue weighted by molar-refractivity contribution is 5.80. The molecule has 0 unspecified atom stereocenters. The van der Waals surface area contributed by atoms with Crippen LogP contribution in [-0.2, 0) is 12.8 Å². The highest BCUT2D eigenvalue weighted by Gasteiger charge is 2.28. The van der Waals surface area contributed by atoms with Gasteiger partial charge in [0.1, 0.15) is 5.75 Å². The summed E-state index contributed by atoms with van der Waals surface area (Å²) in [5.41, 5.74) is 2.02. The van der Waals surface area contributed by atoms with Gasteiger partial charge in [-0.3, -0.25) is 4.79 Å². The summed E-state index contributed by atoms with van der Waals surface area (Å²) in [7, 11) is 0. The molecule has 1 atom stereocenters. The number of hydrogen-bond acceptors (Lipinski definition) is 3. The van der Waals surface area contributed by atoms with Crippen molar-refractivity contribution in [3.05, 3.63) is 28.8 Å². The number of fused-ring (bicyclic) bond motifs is 1. The van der Waals surface area contributed by atoms with E-state index in [0.717, 1.165) is 17.5 Å². The summed E-state index contributed by atoms with van der Waals surface area (Å²) in [6.45, 7) is 2.47. The Labute approximate surface area is 117 Å². The van der Waals surface area contributed by atoms with Gasteiger partial charge in [0.25, 0.3) is 0 Å². The first-order valence-electron chi connectivity index (χ1n) is 6.87. The summed E-state index contributed by atoms with van der Waals surface area (Å²) in [6, 6.07) is 3.35. The van der Waals surface area contributed by atoms with E-state index in [2.05, 4.69) is 0 Å². The highest BCUT2D eigenvalue weighted by Crippen LogP contribution is 2.32. The molecular formula is C15H19NO4. The van der Waals surface area contributed by atoms with Crippen LogP contribution >= 0.6 is 0 Å². The normalized spacial score (nSPS) is 17.4. The van der Waals surface area contributed by atoms with Crippen LogP contribution in [0.3, 0.4) is 0 Å². The second kappa shape index (κ2) is 5.94. The van der Waals surface area contributed by atoms with Gasteiger partial charge in [0.2, 0.25) is 0 Å². The van der Waals surface area contributed by atoms with Crippen molar-refractivity contribution >= 4 is 12.4 Å². The SMILES string of the molecule is CCCN(C(=O)O)[C@H]1CCc2c(ccc(C=O)c2O)C1. The van der Waals surface area contributed by atoms with Crippen LogP contribution < -0.4 is 0 Å². The van der Waals surface area contributed by atoms with Crippen molar-refractivity contribution in [3.8, 4) is 5.75 Å². The molecule has 0 spiro atoms. The van der Waals surface area contributed by atoms with Gasteiger partial charge in [-0.05, 0) is 42.9 Å². The number of phenolic OH excluding ortho intramolecular Hbond substituents is 1. The Kier molecular flexibility index (Phi) is 4.27. The van der Waals surface area contributed by atoms with Crippen LogP contribution in [0, 0.1) is 0 Å². The van der Waals surface area contributed by atoms with E-state index in [0.29, 0.717) is 37.7 Å². The Morgan fingerprint density at radius 2 is 2.25 bits per heavy atom. The number of benzene rings is 1. The monoisotopic (exact) mass is 277 g/mol. The zero-order valence-electron chi connectivity index (χ0n) is 11.5. The molecule has 0 saturated heterocycles. The summed E-state index contributed by atoms with van der Waals surface area (Å²) in [5, 5.41) is 19.3. The standard InChI is InChI=1S/C15H19NO4/c1-2-7-16(15(19)20)12-5-6-13-10(8-12)3-4-11(9-17)14(13)18/h3-4,9,12,18H,2,5-8H2,1H3,(H,19,20)/t12-/m0/s1. The fourth-order valence-corrected chi connectivity index (χ4v) is 2.87. The molecule has 0 heterocycles. The van der Waals surface area contributed by atoms with Crippen LogP contribution in [-0.4, -0.2) is 40.1 Å². The lowest BCUT2D eigenvalue weighted by molar-refractivity contribution is 0.112. The Bertz CT molecular complexity index is 527. The van der Waals surface area contributed by atoms with Crippen LogP contribution in [0.2, 0.25) is 0 Å². The van der Waals surface area contributed by atoms with Gasteiger partial charge in [-0.1, -0.05) is 13.0 Å². The number of phenols is 1. The molecule has 2 N–H and O–H groups in total. The van der Waals surface area contributed by atoms with E-state index >= 15 is 0 Å². The van der Waals surface area contributed by atoms with Gasteiger partial charge >= 0.3 is 6.09 Å². The molecule has 108 valence electrons. The summed E-state index contributed by atoms with van der Waals surface area (Å²) in [5.74, 6) is 0.0494. The number of hydrogen-bond donors (Lipinski definition) is 2. The lowest BCUT2D eigenvalue weighted by Crippen LogP contribution is -2.43. The van der Waals surface area contributed by atoms with E-state index in [1.54, 1.807) is 6.07 Å². The Morgan fingerprint density at radius 3 is 2.85 bits per heavy atom. The fraction of sp³-hybridized carbons (Fsp3) is 0.467. The van der Waals surface area contributed by atoms with Crippen molar-refractivity contribution in [2.45, 2.75) is 38.6 Å².